The number of carbonyl (C=O) groups is 1. The van der Waals surface area contributed by atoms with Crippen LogP contribution in [0.15, 0.2) is 0 Å². The van der Waals surface area contributed by atoms with Gasteiger partial charge in [0.2, 0.25) is 0 Å². The molecule has 0 aromatic rings. The maximum absolute atomic E-state index is 11.5. The number of halogens is 1. The molecule has 15 heavy (non-hydrogen) atoms. The van der Waals surface area contributed by atoms with Crippen LogP contribution in [0.1, 0.15) is 45.4 Å². The van der Waals surface area contributed by atoms with Crippen LogP contribution in [-0.4, -0.2) is 19.1 Å². The SMILES string of the molecule is CCOC(=O)CC1(CNCl)CCCCC1. The summed E-state index contributed by atoms with van der Waals surface area (Å²) in [6, 6.07) is 0. The van der Waals surface area contributed by atoms with Gasteiger partial charge in [0, 0.05) is 6.54 Å². The molecule has 0 saturated heterocycles. The van der Waals surface area contributed by atoms with Gasteiger partial charge in [0.1, 0.15) is 0 Å². The first-order chi connectivity index (χ1) is 7.22. The Kier molecular flexibility index (Phi) is 5.40. The Morgan fingerprint density at radius 1 is 1.40 bits per heavy atom. The van der Waals surface area contributed by atoms with Gasteiger partial charge in [-0.25, -0.2) is 4.84 Å². The summed E-state index contributed by atoms with van der Waals surface area (Å²) in [7, 11) is 0. The van der Waals surface area contributed by atoms with Gasteiger partial charge >= 0.3 is 5.97 Å². The van der Waals surface area contributed by atoms with Crippen molar-refractivity contribution in [3.05, 3.63) is 0 Å². The Hall–Kier alpha value is -0.280. The normalized spacial score (nSPS) is 19.9. The van der Waals surface area contributed by atoms with Gasteiger partial charge in [-0.15, -0.1) is 0 Å². The molecule has 0 aliphatic heterocycles. The van der Waals surface area contributed by atoms with Crippen molar-refractivity contribution >= 4 is 17.7 Å². The summed E-state index contributed by atoms with van der Waals surface area (Å²) in [5.74, 6) is -0.0914. The van der Waals surface area contributed by atoms with Crippen LogP contribution in [0.25, 0.3) is 0 Å². The molecule has 1 fully saturated rings. The lowest BCUT2D eigenvalue weighted by Gasteiger charge is -2.35. The molecule has 0 heterocycles. The van der Waals surface area contributed by atoms with E-state index in [2.05, 4.69) is 4.84 Å². The van der Waals surface area contributed by atoms with E-state index in [4.69, 9.17) is 16.5 Å². The first-order valence-electron chi connectivity index (χ1n) is 5.71. The van der Waals surface area contributed by atoms with Crippen molar-refractivity contribution in [1.82, 2.24) is 4.84 Å². The van der Waals surface area contributed by atoms with E-state index >= 15 is 0 Å². The first-order valence-corrected chi connectivity index (χ1v) is 6.09. The van der Waals surface area contributed by atoms with Crippen molar-refractivity contribution in [3.8, 4) is 0 Å². The zero-order valence-corrected chi connectivity index (χ0v) is 10.1. The molecular weight excluding hydrogens is 214 g/mol. The van der Waals surface area contributed by atoms with E-state index in [0.717, 1.165) is 12.8 Å². The van der Waals surface area contributed by atoms with Crippen molar-refractivity contribution < 1.29 is 9.53 Å². The largest absolute Gasteiger partial charge is 0.466 e. The van der Waals surface area contributed by atoms with E-state index in [1.165, 1.54) is 19.3 Å². The van der Waals surface area contributed by atoms with Crippen LogP contribution >= 0.6 is 11.8 Å². The van der Waals surface area contributed by atoms with Gasteiger partial charge in [-0.3, -0.25) is 4.79 Å². The van der Waals surface area contributed by atoms with Crippen molar-refractivity contribution in [2.24, 2.45) is 5.41 Å². The highest BCUT2D eigenvalue weighted by Gasteiger charge is 2.34. The van der Waals surface area contributed by atoms with Gasteiger partial charge in [0.15, 0.2) is 0 Å². The van der Waals surface area contributed by atoms with Gasteiger partial charge in [0.25, 0.3) is 0 Å². The summed E-state index contributed by atoms with van der Waals surface area (Å²) in [4.78, 5) is 14.2. The van der Waals surface area contributed by atoms with Gasteiger partial charge in [-0.05, 0) is 37.0 Å². The molecule has 88 valence electrons. The van der Waals surface area contributed by atoms with Crippen LogP contribution in [0.5, 0.6) is 0 Å². The molecule has 0 radical (unpaired) electrons. The summed E-state index contributed by atoms with van der Waals surface area (Å²) in [5, 5.41) is 0. The fourth-order valence-electron chi connectivity index (χ4n) is 2.38. The zero-order chi connectivity index (χ0) is 11.1. The number of esters is 1. The maximum Gasteiger partial charge on any atom is 0.306 e. The van der Waals surface area contributed by atoms with E-state index in [1.54, 1.807) is 0 Å². The third kappa shape index (κ3) is 3.99. The fraction of sp³-hybridized carbons (Fsp3) is 0.909. The molecule has 0 aromatic heterocycles. The van der Waals surface area contributed by atoms with Crippen LogP contribution in [0.4, 0.5) is 0 Å². The van der Waals surface area contributed by atoms with Crippen LogP contribution in [0.3, 0.4) is 0 Å². The van der Waals surface area contributed by atoms with Gasteiger partial charge in [-0.1, -0.05) is 19.3 Å². The summed E-state index contributed by atoms with van der Waals surface area (Å²) >= 11 is 5.58. The van der Waals surface area contributed by atoms with Gasteiger partial charge in [-0.2, -0.15) is 0 Å². The van der Waals surface area contributed by atoms with Crippen LogP contribution in [0.2, 0.25) is 0 Å². The minimum Gasteiger partial charge on any atom is -0.466 e. The average Bonchev–Trinajstić information content (AvgIpc) is 2.19. The third-order valence-electron chi connectivity index (χ3n) is 3.18. The van der Waals surface area contributed by atoms with E-state index in [0.29, 0.717) is 19.6 Å². The second-order valence-corrected chi connectivity index (χ2v) is 4.62. The molecule has 1 saturated carbocycles. The summed E-state index contributed by atoms with van der Waals surface area (Å²) in [6.45, 7) is 3.00. The van der Waals surface area contributed by atoms with Crippen LogP contribution < -0.4 is 4.84 Å². The minimum absolute atomic E-state index is 0.0340. The number of ether oxygens (including phenoxy) is 1. The Morgan fingerprint density at radius 3 is 2.60 bits per heavy atom. The molecule has 0 aromatic carbocycles. The molecule has 0 bridgehead atoms. The molecule has 0 atom stereocenters. The van der Waals surface area contributed by atoms with Gasteiger partial charge < -0.3 is 4.74 Å². The third-order valence-corrected chi connectivity index (χ3v) is 3.31. The second-order valence-electron chi connectivity index (χ2n) is 4.35. The molecule has 4 heteroatoms. The maximum atomic E-state index is 11.5. The molecule has 1 aliphatic carbocycles. The number of hydrogen-bond donors (Lipinski definition) is 1. The first kappa shape index (κ1) is 12.8. The number of hydrogen-bond acceptors (Lipinski definition) is 3. The highest BCUT2D eigenvalue weighted by molar-refractivity contribution is 6.13. The van der Waals surface area contributed by atoms with Crippen LogP contribution in [-0.2, 0) is 9.53 Å². The molecular formula is C11H20ClNO2. The molecule has 1 aliphatic rings. The molecule has 3 nitrogen and oxygen atoms in total. The number of nitrogens with one attached hydrogen (secondary N) is 1. The topological polar surface area (TPSA) is 38.3 Å². The predicted octanol–water partition coefficient (Wildman–Crippen LogP) is 2.63. The standard InChI is InChI=1S/C11H20ClNO2/c1-2-15-10(14)8-11(9-13-12)6-4-3-5-7-11/h13H,2-9H2,1H3. The summed E-state index contributed by atoms with van der Waals surface area (Å²) in [5.41, 5.74) is 0.0340. The second kappa shape index (κ2) is 6.33. The Morgan fingerprint density at radius 2 is 2.07 bits per heavy atom. The monoisotopic (exact) mass is 233 g/mol. The molecule has 0 unspecified atom stereocenters. The van der Waals surface area contributed by atoms with Crippen LogP contribution in [0, 0.1) is 5.41 Å². The average molecular weight is 234 g/mol. The smallest absolute Gasteiger partial charge is 0.306 e. The lowest BCUT2D eigenvalue weighted by Crippen LogP contribution is -2.35. The summed E-state index contributed by atoms with van der Waals surface area (Å²) < 4.78 is 5.01. The highest BCUT2D eigenvalue weighted by atomic mass is 35.5. The van der Waals surface area contributed by atoms with Crippen molar-refractivity contribution in [2.75, 3.05) is 13.2 Å². The van der Waals surface area contributed by atoms with E-state index in [1.807, 2.05) is 6.92 Å². The molecule has 0 spiro atoms. The molecule has 1 N–H and O–H groups in total. The van der Waals surface area contributed by atoms with E-state index in [9.17, 15) is 4.79 Å². The Bertz CT molecular complexity index is 197. The minimum atomic E-state index is -0.0914. The molecule has 0 amide bonds. The van der Waals surface area contributed by atoms with E-state index < -0.39 is 0 Å². The zero-order valence-electron chi connectivity index (χ0n) is 9.35. The Balaban J connectivity index is 2.51. The van der Waals surface area contributed by atoms with E-state index in [-0.39, 0.29) is 11.4 Å². The number of carbonyl (C=O) groups excluding carboxylic acids is 1. The van der Waals surface area contributed by atoms with Crippen molar-refractivity contribution in [1.29, 1.82) is 0 Å². The van der Waals surface area contributed by atoms with Gasteiger partial charge in [0.05, 0.1) is 13.0 Å². The summed E-state index contributed by atoms with van der Waals surface area (Å²) in [6.07, 6.45) is 6.31. The quantitative estimate of drug-likeness (QED) is 0.586. The fourth-order valence-corrected chi connectivity index (χ4v) is 2.66. The predicted molar refractivity (Wildman–Crippen MR) is 60.6 cm³/mol. The number of rotatable bonds is 5. The highest BCUT2D eigenvalue weighted by Crippen LogP contribution is 2.39. The lowest BCUT2D eigenvalue weighted by atomic mass is 9.72. The molecule has 1 rings (SSSR count). The lowest BCUT2D eigenvalue weighted by molar-refractivity contribution is -0.146. The van der Waals surface area contributed by atoms with Crippen molar-refractivity contribution in [2.45, 2.75) is 45.4 Å². The van der Waals surface area contributed by atoms with Crippen molar-refractivity contribution in [3.63, 3.8) is 0 Å². The Labute approximate surface area is 96.6 Å².